The smallest absolute Gasteiger partial charge is 0.304 e. The van der Waals surface area contributed by atoms with Gasteiger partial charge in [0.1, 0.15) is 5.69 Å². The Morgan fingerprint density at radius 2 is 1.88 bits per heavy atom. The van der Waals surface area contributed by atoms with Crippen LogP contribution in [-0.4, -0.2) is 10.4 Å². The van der Waals surface area contributed by atoms with Crippen LogP contribution in [0.1, 0.15) is 25.0 Å². The van der Waals surface area contributed by atoms with Crippen LogP contribution in [-0.2, 0) is 12.7 Å². The van der Waals surface area contributed by atoms with Gasteiger partial charge in [0, 0.05) is 18.5 Å². The van der Waals surface area contributed by atoms with E-state index >= 15 is 0 Å². The zero-order chi connectivity index (χ0) is 12.9. The molecule has 0 amide bonds. The zero-order valence-electron chi connectivity index (χ0n) is 9.13. The van der Waals surface area contributed by atoms with E-state index in [2.05, 4.69) is 0 Å². The highest BCUT2D eigenvalue weighted by Crippen LogP contribution is 2.28. The van der Waals surface area contributed by atoms with Crippen LogP contribution in [0.25, 0.3) is 0 Å². The van der Waals surface area contributed by atoms with Gasteiger partial charge in [-0.25, -0.2) is 0 Å². The number of halogens is 4. The quantitative estimate of drug-likeness (QED) is 0.593. The van der Waals surface area contributed by atoms with E-state index in [0.717, 1.165) is 29.2 Å². The predicted molar refractivity (Wildman–Crippen MR) is 60.3 cm³/mol. The number of unbranched alkanes of at least 4 members (excludes halogenated alkanes) is 2. The second kappa shape index (κ2) is 6.10. The highest BCUT2D eigenvalue weighted by molar-refractivity contribution is 6.17. The van der Waals surface area contributed by atoms with Crippen molar-refractivity contribution < 1.29 is 13.2 Å². The summed E-state index contributed by atoms with van der Waals surface area (Å²) in [7, 11) is 0. The summed E-state index contributed by atoms with van der Waals surface area (Å²) >= 11 is 5.47. The van der Waals surface area contributed by atoms with Crippen LogP contribution >= 0.6 is 11.6 Å². The molecule has 0 N–H and O–H groups in total. The Kier molecular flexibility index (Phi) is 5.05. The van der Waals surface area contributed by atoms with Crippen LogP contribution in [0.2, 0.25) is 0 Å². The molecule has 0 saturated heterocycles. The third kappa shape index (κ3) is 4.07. The number of alkyl halides is 4. The molecule has 96 valence electrons. The van der Waals surface area contributed by atoms with Crippen LogP contribution < -0.4 is 5.56 Å². The summed E-state index contributed by atoms with van der Waals surface area (Å²) in [6.07, 6.45) is -2.53. The molecule has 2 nitrogen and oxygen atoms in total. The summed E-state index contributed by atoms with van der Waals surface area (Å²) in [5, 5.41) is 0. The van der Waals surface area contributed by atoms with Crippen molar-refractivity contribution in [3.63, 3.8) is 0 Å². The van der Waals surface area contributed by atoms with Gasteiger partial charge in [-0.2, -0.15) is 13.2 Å². The molecule has 0 unspecified atom stereocenters. The Morgan fingerprint density at radius 3 is 2.47 bits per heavy atom. The first-order valence-corrected chi connectivity index (χ1v) is 5.83. The van der Waals surface area contributed by atoms with Gasteiger partial charge in [-0.1, -0.05) is 12.5 Å². The van der Waals surface area contributed by atoms with Gasteiger partial charge in [0.15, 0.2) is 0 Å². The molecule has 0 radical (unpaired) electrons. The van der Waals surface area contributed by atoms with Crippen LogP contribution in [0.3, 0.4) is 0 Å². The standard InChI is InChI=1S/C11H13ClF3NO/c12-7-2-1-3-8-16-9(11(13,14)15)5-4-6-10(16)17/h4-6H,1-3,7-8H2. The van der Waals surface area contributed by atoms with E-state index in [1.54, 1.807) is 0 Å². The van der Waals surface area contributed by atoms with Crippen molar-refractivity contribution >= 4 is 11.6 Å². The number of hydrogen-bond acceptors (Lipinski definition) is 1. The predicted octanol–water partition coefficient (Wildman–Crippen LogP) is 3.28. The molecular formula is C11H13ClF3NO. The van der Waals surface area contributed by atoms with Gasteiger partial charge in [0.25, 0.3) is 5.56 Å². The molecule has 1 aromatic heterocycles. The van der Waals surface area contributed by atoms with E-state index in [1.165, 1.54) is 0 Å². The first-order chi connectivity index (χ1) is 7.96. The topological polar surface area (TPSA) is 22.0 Å². The maximum absolute atomic E-state index is 12.6. The average Bonchev–Trinajstić information content (AvgIpc) is 2.24. The molecule has 0 bridgehead atoms. The molecular weight excluding hydrogens is 255 g/mol. The highest BCUT2D eigenvalue weighted by Gasteiger charge is 2.33. The van der Waals surface area contributed by atoms with Gasteiger partial charge >= 0.3 is 6.18 Å². The minimum atomic E-state index is -4.49. The van der Waals surface area contributed by atoms with E-state index in [0.29, 0.717) is 18.7 Å². The summed E-state index contributed by atoms with van der Waals surface area (Å²) in [5.74, 6) is 0.482. The van der Waals surface area contributed by atoms with Gasteiger partial charge in [0.2, 0.25) is 0 Å². The maximum atomic E-state index is 12.6. The number of pyridine rings is 1. The van der Waals surface area contributed by atoms with Crippen molar-refractivity contribution in [1.82, 2.24) is 4.57 Å². The Labute approximate surface area is 102 Å². The van der Waals surface area contributed by atoms with Crippen molar-refractivity contribution in [3.05, 3.63) is 34.2 Å². The summed E-state index contributed by atoms with van der Waals surface area (Å²) in [6, 6.07) is 3.18. The number of rotatable bonds is 5. The Bertz CT molecular complexity index is 414. The molecule has 0 saturated carbocycles. The van der Waals surface area contributed by atoms with E-state index in [-0.39, 0.29) is 6.54 Å². The first kappa shape index (κ1) is 14.1. The molecule has 0 fully saturated rings. The molecule has 1 heterocycles. The van der Waals surface area contributed by atoms with E-state index in [1.807, 2.05) is 0 Å². The van der Waals surface area contributed by atoms with Crippen molar-refractivity contribution in [2.24, 2.45) is 0 Å². The van der Waals surface area contributed by atoms with Crippen molar-refractivity contribution in [3.8, 4) is 0 Å². The molecule has 0 aliphatic carbocycles. The molecule has 1 rings (SSSR count). The maximum Gasteiger partial charge on any atom is 0.431 e. The van der Waals surface area contributed by atoms with Gasteiger partial charge in [-0.15, -0.1) is 11.6 Å². The van der Waals surface area contributed by atoms with Crippen molar-refractivity contribution in [2.75, 3.05) is 5.88 Å². The van der Waals surface area contributed by atoms with Gasteiger partial charge < -0.3 is 4.57 Å². The Morgan fingerprint density at radius 1 is 1.18 bits per heavy atom. The normalized spacial score (nSPS) is 11.8. The number of nitrogens with zero attached hydrogens (tertiary/aromatic N) is 1. The second-order valence-corrected chi connectivity index (χ2v) is 4.03. The van der Waals surface area contributed by atoms with Crippen LogP contribution in [0.4, 0.5) is 13.2 Å². The summed E-state index contributed by atoms with van der Waals surface area (Å²) in [5.41, 5.74) is -1.51. The lowest BCUT2D eigenvalue weighted by atomic mass is 10.2. The van der Waals surface area contributed by atoms with Crippen LogP contribution in [0.15, 0.2) is 23.0 Å². The third-order valence-corrected chi connectivity index (χ3v) is 2.62. The highest BCUT2D eigenvalue weighted by atomic mass is 35.5. The largest absolute Gasteiger partial charge is 0.431 e. The average molecular weight is 268 g/mol. The van der Waals surface area contributed by atoms with Gasteiger partial charge in [-0.05, 0) is 18.9 Å². The Balaban J connectivity index is 2.86. The first-order valence-electron chi connectivity index (χ1n) is 5.30. The minimum Gasteiger partial charge on any atom is -0.304 e. The SMILES string of the molecule is O=c1cccc(C(F)(F)F)n1CCCCCCl. The zero-order valence-corrected chi connectivity index (χ0v) is 9.89. The lowest BCUT2D eigenvalue weighted by Crippen LogP contribution is -2.27. The second-order valence-electron chi connectivity index (χ2n) is 3.65. The fraction of sp³-hybridized carbons (Fsp3) is 0.545. The lowest BCUT2D eigenvalue weighted by Gasteiger charge is -2.14. The fourth-order valence-electron chi connectivity index (χ4n) is 1.54. The summed E-state index contributed by atoms with van der Waals surface area (Å²) < 4.78 is 38.6. The van der Waals surface area contributed by atoms with Gasteiger partial charge in [0.05, 0.1) is 0 Å². The minimum absolute atomic E-state index is 0.0748. The Hall–Kier alpha value is -0.970. The van der Waals surface area contributed by atoms with E-state index in [4.69, 9.17) is 11.6 Å². The molecule has 0 aliphatic rings. The summed E-state index contributed by atoms with van der Waals surface area (Å²) in [6.45, 7) is 0.0748. The molecule has 6 heteroatoms. The van der Waals surface area contributed by atoms with E-state index < -0.39 is 17.4 Å². The number of hydrogen-bond donors (Lipinski definition) is 0. The molecule has 17 heavy (non-hydrogen) atoms. The molecule has 0 aromatic carbocycles. The summed E-state index contributed by atoms with van der Waals surface area (Å²) in [4.78, 5) is 11.4. The third-order valence-electron chi connectivity index (χ3n) is 2.36. The van der Waals surface area contributed by atoms with Crippen molar-refractivity contribution in [1.29, 1.82) is 0 Å². The van der Waals surface area contributed by atoms with Gasteiger partial charge in [-0.3, -0.25) is 4.79 Å². The van der Waals surface area contributed by atoms with E-state index in [9.17, 15) is 18.0 Å². The molecule has 0 spiro atoms. The molecule has 0 aliphatic heterocycles. The number of aromatic nitrogens is 1. The monoisotopic (exact) mass is 267 g/mol. The van der Waals surface area contributed by atoms with Crippen molar-refractivity contribution in [2.45, 2.75) is 32.0 Å². The molecule has 0 atom stereocenters. The molecule has 1 aromatic rings. The van der Waals surface area contributed by atoms with Crippen LogP contribution in [0, 0.1) is 0 Å². The fourth-order valence-corrected chi connectivity index (χ4v) is 1.73. The lowest BCUT2D eigenvalue weighted by molar-refractivity contribution is -0.144. The van der Waals surface area contributed by atoms with Crippen LogP contribution in [0.5, 0.6) is 0 Å².